The van der Waals surface area contributed by atoms with Crippen molar-refractivity contribution in [2.75, 3.05) is 51.8 Å². The normalized spacial score (nSPS) is 19.1. The van der Waals surface area contributed by atoms with Gasteiger partial charge in [0.1, 0.15) is 5.82 Å². The Morgan fingerprint density at radius 2 is 2.29 bits per heavy atom. The van der Waals surface area contributed by atoms with Crippen molar-refractivity contribution in [3.8, 4) is 0 Å². The van der Waals surface area contributed by atoms with Gasteiger partial charge in [0.2, 0.25) is 0 Å². The molecule has 0 spiro atoms. The molecule has 6 heteroatoms. The van der Waals surface area contributed by atoms with Crippen molar-refractivity contribution >= 4 is 18.2 Å². The lowest BCUT2D eigenvalue weighted by Crippen LogP contribution is -2.48. The van der Waals surface area contributed by atoms with Crippen molar-refractivity contribution < 1.29 is 4.74 Å². The molecular formula is C15H27ClN4O. The van der Waals surface area contributed by atoms with Gasteiger partial charge in [-0.05, 0) is 18.6 Å². The van der Waals surface area contributed by atoms with Crippen LogP contribution < -0.4 is 10.2 Å². The standard InChI is InChI=1S/C15H26N4O.ClH/c1-13-11-19(7-6-16-13)12-14-4-5-15(17-10-14)18(2)8-9-20-3;/h4-5,10,13,16H,6-9,11-12H2,1-3H3;1H/t13-;/m1./s1. The SMILES string of the molecule is COCCN(C)c1ccc(CN2CCN[C@H](C)C2)cn1.Cl. The lowest BCUT2D eigenvalue weighted by Gasteiger charge is -2.31. The molecule has 1 aromatic heterocycles. The van der Waals surface area contributed by atoms with E-state index in [0.29, 0.717) is 6.04 Å². The van der Waals surface area contributed by atoms with E-state index in [2.05, 4.69) is 39.2 Å². The van der Waals surface area contributed by atoms with Gasteiger partial charge in [0.25, 0.3) is 0 Å². The number of nitrogens with one attached hydrogen (secondary N) is 1. The number of halogens is 1. The predicted molar refractivity (Wildman–Crippen MR) is 89.4 cm³/mol. The number of nitrogens with zero attached hydrogens (tertiary/aromatic N) is 3. The maximum Gasteiger partial charge on any atom is 0.128 e. The molecule has 120 valence electrons. The van der Waals surface area contributed by atoms with Gasteiger partial charge in [0.05, 0.1) is 6.61 Å². The number of methoxy groups -OCH3 is 1. The molecule has 1 aromatic rings. The van der Waals surface area contributed by atoms with E-state index in [1.54, 1.807) is 7.11 Å². The molecule has 0 amide bonds. The fourth-order valence-electron chi connectivity index (χ4n) is 2.49. The summed E-state index contributed by atoms with van der Waals surface area (Å²) in [5.74, 6) is 1.000. The highest BCUT2D eigenvalue weighted by Gasteiger charge is 2.15. The Labute approximate surface area is 134 Å². The minimum Gasteiger partial charge on any atom is -0.383 e. The fourth-order valence-corrected chi connectivity index (χ4v) is 2.49. The molecule has 5 nitrogen and oxygen atoms in total. The second kappa shape index (κ2) is 9.20. The van der Waals surface area contributed by atoms with E-state index in [4.69, 9.17) is 4.74 Å². The fraction of sp³-hybridized carbons (Fsp3) is 0.667. The van der Waals surface area contributed by atoms with Gasteiger partial charge in [-0.1, -0.05) is 6.07 Å². The minimum atomic E-state index is 0. The van der Waals surface area contributed by atoms with Crippen LogP contribution in [0.2, 0.25) is 0 Å². The van der Waals surface area contributed by atoms with Crippen molar-refractivity contribution in [2.24, 2.45) is 0 Å². The first-order valence-electron chi connectivity index (χ1n) is 7.30. The summed E-state index contributed by atoms with van der Waals surface area (Å²) < 4.78 is 5.09. The molecule has 0 aliphatic carbocycles. The number of likely N-dealkylation sites (N-methyl/N-ethyl adjacent to an activating group) is 1. The monoisotopic (exact) mass is 314 g/mol. The largest absolute Gasteiger partial charge is 0.383 e. The highest BCUT2D eigenvalue weighted by atomic mass is 35.5. The van der Waals surface area contributed by atoms with E-state index < -0.39 is 0 Å². The topological polar surface area (TPSA) is 40.6 Å². The van der Waals surface area contributed by atoms with Gasteiger partial charge < -0.3 is 15.0 Å². The van der Waals surface area contributed by atoms with E-state index in [0.717, 1.165) is 45.1 Å². The molecule has 2 heterocycles. The third kappa shape index (κ3) is 5.79. The average molecular weight is 315 g/mol. The maximum absolute atomic E-state index is 5.09. The first-order valence-corrected chi connectivity index (χ1v) is 7.30. The highest BCUT2D eigenvalue weighted by molar-refractivity contribution is 5.85. The second-order valence-corrected chi connectivity index (χ2v) is 5.53. The Bertz CT molecular complexity index is 401. The number of rotatable bonds is 6. The molecule has 0 saturated carbocycles. The molecule has 0 bridgehead atoms. The summed E-state index contributed by atoms with van der Waals surface area (Å²) >= 11 is 0. The maximum atomic E-state index is 5.09. The van der Waals surface area contributed by atoms with Crippen LogP contribution in [0.4, 0.5) is 5.82 Å². The van der Waals surface area contributed by atoms with Gasteiger partial charge >= 0.3 is 0 Å². The molecule has 1 N–H and O–H groups in total. The Kier molecular flexibility index (Phi) is 7.96. The highest BCUT2D eigenvalue weighted by Crippen LogP contribution is 2.12. The third-order valence-electron chi connectivity index (χ3n) is 3.69. The average Bonchev–Trinajstić information content (AvgIpc) is 2.45. The van der Waals surface area contributed by atoms with Crippen LogP contribution >= 0.6 is 12.4 Å². The van der Waals surface area contributed by atoms with Crippen LogP contribution in [0.15, 0.2) is 18.3 Å². The lowest BCUT2D eigenvalue weighted by atomic mass is 10.2. The van der Waals surface area contributed by atoms with Gasteiger partial charge in [-0.2, -0.15) is 0 Å². The summed E-state index contributed by atoms with van der Waals surface area (Å²) in [6.45, 7) is 8.10. The Morgan fingerprint density at radius 1 is 1.48 bits per heavy atom. The van der Waals surface area contributed by atoms with Crippen LogP contribution in [0.3, 0.4) is 0 Å². The number of anilines is 1. The smallest absolute Gasteiger partial charge is 0.128 e. The lowest BCUT2D eigenvalue weighted by molar-refractivity contribution is 0.199. The summed E-state index contributed by atoms with van der Waals surface area (Å²) in [4.78, 5) is 9.13. The number of aromatic nitrogens is 1. The number of piperazine rings is 1. The van der Waals surface area contributed by atoms with Crippen molar-refractivity contribution in [3.05, 3.63) is 23.9 Å². The van der Waals surface area contributed by atoms with E-state index >= 15 is 0 Å². The molecule has 1 fully saturated rings. The first-order chi connectivity index (χ1) is 9.69. The van der Waals surface area contributed by atoms with E-state index in [1.165, 1.54) is 5.56 Å². The van der Waals surface area contributed by atoms with Crippen molar-refractivity contribution in [3.63, 3.8) is 0 Å². The zero-order valence-electron chi connectivity index (χ0n) is 13.2. The van der Waals surface area contributed by atoms with Crippen LogP contribution in [0.25, 0.3) is 0 Å². The minimum absolute atomic E-state index is 0. The molecule has 0 aromatic carbocycles. The Hall–Kier alpha value is -0.880. The van der Waals surface area contributed by atoms with E-state index in [1.807, 2.05) is 13.2 Å². The van der Waals surface area contributed by atoms with Gasteiger partial charge in [0.15, 0.2) is 0 Å². The van der Waals surface area contributed by atoms with Crippen LogP contribution in [0.1, 0.15) is 12.5 Å². The number of pyridine rings is 1. The van der Waals surface area contributed by atoms with E-state index in [-0.39, 0.29) is 12.4 Å². The van der Waals surface area contributed by atoms with Crippen molar-refractivity contribution in [2.45, 2.75) is 19.5 Å². The molecule has 1 aliphatic rings. The molecular weight excluding hydrogens is 288 g/mol. The first kappa shape index (κ1) is 18.2. The van der Waals surface area contributed by atoms with Crippen molar-refractivity contribution in [1.29, 1.82) is 0 Å². The molecule has 0 radical (unpaired) electrons. The second-order valence-electron chi connectivity index (χ2n) is 5.53. The summed E-state index contributed by atoms with van der Waals surface area (Å²) in [5, 5.41) is 3.47. The molecule has 2 rings (SSSR count). The Morgan fingerprint density at radius 3 is 2.90 bits per heavy atom. The van der Waals surface area contributed by atoms with Gasteiger partial charge in [-0.3, -0.25) is 4.90 Å². The molecule has 0 unspecified atom stereocenters. The number of hydrogen-bond acceptors (Lipinski definition) is 5. The Balaban J connectivity index is 0.00000220. The molecule has 1 atom stereocenters. The van der Waals surface area contributed by atoms with Crippen LogP contribution in [-0.2, 0) is 11.3 Å². The molecule has 1 aliphatic heterocycles. The molecule has 1 saturated heterocycles. The number of ether oxygens (including phenoxy) is 1. The quantitative estimate of drug-likeness (QED) is 0.859. The van der Waals surface area contributed by atoms with Gasteiger partial charge in [-0.15, -0.1) is 12.4 Å². The zero-order chi connectivity index (χ0) is 14.4. The predicted octanol–water partition coefficient (Wildman–Crippen LogP) is 1.38. The van der Waals surface area contributed by atoms with Crippen LogP contribution in [0, 0.1) is 0 Å². The van der Waals surface area contributed by atoms with E-state index in [9.17, 15) is 0 Å². The third-order valence-corrected chi connectivity index (χ3v) is 3.69. The molecule has 21 heavy (non-hydrogen) atoms. The zero-order valence-corrected chi connectivity index (χ0v) is 14.0. The van der Waals surface area contributed by atoms with Crippen LogP contribution in [0.5, 0.6) is 0 Å². The van der Waals surface area contributed by atoms with Gasteiger partial charge in [-0.25, -0.2) is 4.98 Å². The van der Waals surface area contributed by atoms with Crippen molar-refractivity contribution in [1.82, 2.24) is 15.2 Å². The summed E-state index contributed by atoms with van der Waals surface area (Å²) in [5.41, 5.74) is 1.28. The van der Waals surface area contributed by atoms with Gasteiger partial charge in [0, 0.05) is 59.1 Å². The van der Waals surface area contributed by atoms with Crippen LogP contribution in [-0.4, -0.2) is 62.9 Å². The summed E-state index contributed by atoms with van der Waals surface area (Å²) in [7, 11) is 3.76. The summed E-state index contributed by atoms with van der Waals surface area (Å²) in [6.07, 6.45) is 1.99. The number of hydrogen-bond donors (Lipinski definition) is 1. The summed E-state index contributed by atoms with van der Waals surface area (Å²) in [6, 6.07) is 4.85.